The molecule has 0 atom stereocenters. The van der Waals surface area contributed by atoms with Crippen LogP contribution in [0.1, 0.15) is 11.1 Å². The number of rotatable bonds is 0. The summed E-state index contributed by atoms with van der Waals surface area (Å²) in [7, 11) is 4.25. The Hall–Kier alpha value is -1.70. The van der Waals surface area contributed by atoms with Crippen LogP contribution in [0.2, 0.25) is 0 Å². The van der Waals surface area contributed by atoms with Gasteiger partial charge in [-0.1, -0.05) is 24.3 Å². The third-order valence-corrected chi connectivity index (χ3v) is 3.02. The summed E-state index contributed by atoms with van der Waals surface area (Å²) in [6, 6.07) is 8.57. The third kappa shape index (κ3) is 1.18. The van der Waals surface area contributed by atoms with Crippen LogP contribution in [0, 0.1) is 0 Å². The molecule has 0 amide bonds. The fourth-order valence-corrected chi connectivity index (χ4v) is 2.35. The van der Waals surface area contributed by atoms with Crippen LogP contribution in [0.4, 0.5) is 0 Å². The van der Waals surface area contributed by atoms with Crippen LogP contribution >= 0.6 is 0 Å². The number of allylic oxidation sites excluding steroid dienone is 1. The zero-order valence-corrected chi connectivity index (χ0v) is 9.07. The van der Waals surface area contributed by atoms with Gasteiger partial charge in [0, 0.05) is 31.6 Å². The summed E-state index contributed by atoms with van der Waals surface area (Å²) in [5.41, 5.74) is 5.38. The van der Waals surface area contributed by atoms with E-state index >= 15 is 0 Å². The van der Waals surface area contributed by atoms with Crippen LogP contribution in [0.15, 0.2) is 36.2 Å². The van der Waals surface area contributed by atoms with Gasteiger partial charge in [-0.05, 0) is 17.2 Å². The molecule has 0 bridgehead atoms. The smallest absolute Gasteiger partial charge is 0.0892 e. The topological polar surface area (TPSA) is 6.48 Å². The van der Waals surface area contributed by atoms with Gasteiger partial charge in [-0.15, -0.1) is 0 Å². The predicted octanol–water partition coefficient (Wildman–Crippen LogP) is 2.22. The Balaban J connectivity index is 2.19. The third-order valence-electron chi connectivity index (χ3n) is 3.02. The van der Waals surface area contributed by atoms with Crippen molar-refractivity contribution in [2.45, 2.75) is 0 Å². The van der Waals surface area contributed by atoms with E-state index in [1.54, 1.807) is 0 Å². The second-order valence-corrected chi connectivity index (χ2v) is 4.26. The van der Waals surface area contributed by atoms with E-state index in [1.807, 2.05) is 0 Å². The number of hydrogen-bond acceptors (Lipinski definition) is 2. The van der Waals surface area contributed by atoms with Crippen molar-refractivity contribution in [3.8, 4) is 0 Å². The standard InChI is InChI=1S/C13H14N2/c1-14-8-12-11-6-4-3-5-10(11)7-13(12)15(2)9-14/h3-8H,9H2,1-2H3. The lowest BCUT2D eigenvalue weighted by Crippen LogP contribution is -2.33. The zero-order chi connectivity index (χ0) is 10.4. The minimum absolute atomic E-state index is 0.962. The molecule has 0 radical (unpaired) electrons. The SMILES string of the molecule is CN1C=C2C(=Cc3ccccc32)N(C)C1. The van der Waals surface area contributed by atoms with Crippen molar-refractivity contribution in [1.29, 1.82) is 0 Å². The molecule has 1 aliphatic carbocycles. The predicted molar refractivity (Wildman–Crippen MR) is 62.8 cm³/mol. The molecule has 1 aromatic carbocycles. The molecule has 1 aromatic rings. The first-order chi connectivity index (χ1) is 7.25. The molecule has 2 heteroatoms. The monoisotopic (exact) mass is 198 g/mol. The van der Waals surface area contributed by atoms with Gasteiger partial charge in [-0.3, -0.25) is 0 Å². The molecule has 1 heterocycles. The molecule has 1 aliphatic heterocycles. The fourth-order valence-electron chi connectivity index (χ4n) is 2.35. The molecule has 0 spiro atoms. The molecule has 3 rings (SSSR count). The summed E-state index contributed by atoms with van der Waals surface area (Å²) in [6.45, 7) is 0.962. The summed E-state index contributed by atoms with van der Waals surface area (Å²) in [5.74, 6) is 0. The van der Waals surface area contributed by atoms with Gasteiger partial charge < -0.3 is 9.80 Å². The maximum Gasteiger partial charge on any atom is 0.0892 e. The number of fused-ring (bicyclic) bond motifs is 3. The van der Waals surface area contributed by atoms with Gasteiger partial charge >= 0.3 is 0 Å². The van der Waals surface area contributed by atoms with Crippen LogP contribution in [-0.2, 0) is 0 Å². The highest BCUT2D eigenvalue weighted by atomic mass is 15.3. The van der Waals surface area contributed by atoms with E-state index in [2.05, 4.69) is 60.4 Å². The first-order valence-electron chi connectivity index (χ1n) is 5.20. The fraction of sp³-hybridized carbons (Fsp3) is 0.231. The number of nitrogens with zero attached hydrogens (tertiary/aromatic N) is 2. The Bertz CT molecular complexity index is 471. The molecular weight excluding hydrogens is 184 g/mol. The minimum atomic E-state index is 0.962. The van der Waals surface area contributed by atoms with Crippen molar-refractivity contribution >= 4 is 11.6 Å². The minimum Gasteiger partial charge on any atom is -0.362 e. The summed E-state index contributed by atoms with van der Waals surface area (Å²) in [6.07, 6.45) is 4.51. The van der Waals surface area contributed by atoms with Crippen molar-refractivity contribution in [1.82, 2.24) is 9.80 Å². The molecule has 0 aromatic heterocycles. The van der Waals surface area contributed by atoms with Crippen molar-refractivity contribution < 1.29 is 0 Å². The maximum absolute atomic E-state index is 2.29. The van der Waals surface area contributed by atoms with Crippen molar-refractivity contribution in [3.63, 3.8) is 0 Å². The van der Waals surface area contributed by atoms with E-state index in [0.29, 0.717) is 0 Å². The van der Waals surface area contributed by atoms with E-state index in [4.69, 9.17) is 0 Å². The highest BCUT2D eigenvalue weighted by Crippen LogP contribution is 2.38. The zero-order valence-electron chi connectivity index (χ0n) is 9.07. The highest BCUT2D eigenvalue weighted by molar-refractivity contribution is 5.94. The van der Waals surface area contributed by atoms with Crippen LogP contribution in [0.25, 0.3) is 11.6 Å². The lowest BCUT2D eigenvalue weighted by atomic mass is 10.1. The number of benzene rings is 1. The Morgan fingerprint density at radius 2 is 1.93 bits per heavy atom. The Labute approximate surface area is 90.1 Å². The molecule has 0 fully saturated rings. The molecule has 0 saturated carbocycles. The molecule has 2 aliphatic rings. The van der Waals surface area contributed by atoms with Gasteiger partial charge in [0.2, 0.25) is 0 Å². The van der Waals surface area contributed by atoms with Crippen molar-refractivity contribution in [2.75, 3.05) is 20.8 Å². The summed E-state index contributed by atoms with van der Waals surface area (Å²) >= 11 is 0. The Morgan fingerprint density at radius 1 is 1.13 bits per heavy atom. The maximum atomic E-state index is 2.29. The molecule has 76 valence electrons. The summed E-state index contributed by atoms with van der Waals surface area (Å²) < 4.78 is 0. The first-order valence-corrected chi connectivity index (χ1v) is 5.20. The molecule has 2 nitrogen and oxygen atoms in total. The van der Waals surface area contributed by atoms with E-state index in [9.17, 15) is 0 Å². The Morgan fingerprint density at radius 3 is 2.80 bits per heavy atom. The van der Waals surface area contributed by atoms with Crippen LogP contribution in [-0.4, -0.2) is 30.6 Å². The second kappa shape index (κ2) is 2.89. The van der Waals surface area contributed by atoms with E-state index in [-0.39, 0.29) is 0 Å². The van der Waals surface area contributed by atoms with Crippen molar-refractivity contribution in [2.24, 2.45) is 0 Å². The van der Waals surface area contributed by atoms with Gasteiger partial charge in [0.25, 0.3) is 0 Å². The lowest BCUT2D eigenvalue weighted by Gasteiger charge is -2.32. The van der Waals surface area contributed by atoms with Gasteiger partial charge in [0.15, 0.2) is 0 Å². The van der Waals surface area contributed by atoms with Crippen LogP contribution in [0.5, 0.6) is 0 Å². The first kappa shape index (κ1) is 8.60. The van der Waals surface area contributed by atoms with Crippen LogP contribution < -0.4 is 0 Å². The van der Waals surface area contributed by atoms with Gasteiger partial charge in [-0.25, -0.2) is 0 Å². The second-order valence-electron chi connectivity index (χ2n) is 4.26. The molecule has 15 heavy (non-hydrogen) atoms. The molecule has 0 unspecified atom stereocenters. The molecule has 0 N–H and O–H groups in total. The largest absolute Gasteiger partial charge is 0.362 e. The summed E-state index contributed by atoms with van der Waals surface area (Å²) in [4.78, 5) is 4.50. The quantitative estimate of drug-likeness (QED) is 0.630. The van der Waals surface area contributed by atoms with Crippen LogP contribution in [0.3, 0.4) is 0 Å². The lowest BCUT2D eigenvalue weighted by molar-refractivity contribution is 0.272. The Kier molecular flexibility index (Phi) is 1.66. The highest BCUT2D eigenvalue weighted by Gasteiger charge is 2.24. The van der Waals surface area contributed by atoms with E-state index in [1.165, 1.54) is 22.4 Å². The normalized spacial score (nSPS) is 18.3. The average molecular weight is 198 g/mol. The molecular formula is C13H14N2. The average Bonchev–Trinajstić information content (AvgIpc) is 2.57. The van der Waals surface area contributed by atoms with Gasteiger partial charge in [-0.2, -0.15) is 0 Å². The van der Waals surface area contributed by atoms with E-state index in [0.717, 1.165) is 6.67 Å². The van der Waals surface area contributed by atoms with Gasteiger partial charge in [0.1, 0.15) is 0 Å². The van der Waals surface area contributed by atoms with Gasteiger partial charge in [0.05, 0.1) is 6.67 Å². The van der Waals surface area contributed by atoms with E-state index < -0.39 is 0 Å². The number of hydrogen-bond donors (Lipinski definition) is 0. The number of likely N-dealkylation sites (N-methyl/N-ethyl adjacent to an activating group) is 1. The molecule has 0 saturated heterocycles. The van der Waals surface area contributed by atoms with Crippen molar-refractivity contribution in [3.05, 3.63) is 47.3 Å². The summed E-state index contributed by atoms with van der Waals surface area (Å²) in [5, 5.41) is 0.